The van der Waals surface area contributed by atoms with Gasteiger partial charge in [-0.1, -0.05) is 29.3 Å². The van der Waals surface area contributed by atoms with Crippen molar-refractivity contribution in [3.8, 4) is 0 Å². The summed E-state index contributed by atoms with van der Waals surface area (Å²) < 4.78 is 0. The Hall–Kier alpha value is -0.280. The summed E-state index contributed by atoms with van der Waals surface area (Å²) >= 11 is 12.0. The molecule has 0 aliphatic carbocycles. The number of halogens is 2. The highest BCUT2D eigenvalue weighted by Crippen LogP contribution is 2.27. The maximum Gasteiger partial charge on any atom is 0.0587 e. The van der Waals surface area contributed by atoms with Gasteiger partial charge in [0.25, 0.3) is 0 Å². The van der Waals surface area contributed by atoms with Crippen LogP contribution in [-0.4, -0.2) is 22.7 Å². The van der Waals surface area contributed by atoms with Crippen LogP contribution in [0.15, 0.2) is 18.2 Å². The molecule has 0 aromatic heterocycles. The highest BCUT2D eigenvalue weighted by Gasteiger charge is 2.24. The molecule has 2 nitrogen and oxygen atoms in total. The molecule has 0 bridgehead atoms. The van der Waals surface area contributed by atoms with Gasteiger partial charge in [-0.05, 0) is 30.5 Å². The summed E-state index contributed by atoms with van der Waals surface area (Å²) in [5.41, 5.74) is 1.04. The van der Waals surface area contributed by atoms with Gasteiger partial charge in [0, 0.05) is 29.2 Å². The molecule has 1 heterocycles. The zero-order chi connectivity index (χ0) is 11.5. The summed E-state index contributed by atoms with van der Waals surface area (Å²) in [5, 5.41) is 10.5. The molecule has 1 fully saturated rings. The average molecular weight is 259 g/mol. The molecule has 87 valence electrons. The molecule has 0 spiro atoms. The highest BCUT2D eigenvalue weighted by molar-refractivity contribution is 6.35. The second-order valence-corrected chi connectivity index (χ2v) is 4.85. The zero-order valence-corrected chi connectivity index (χ0v) is 10.4. The van der Waals surface area contributed by atoms with E-state index in [0.29, 0.717) is 10.0 Å². The van der Waals surface area contributed by atoms with Crippen molar-refractivity contribution in [1.29, 1.82) is 0 Å². The van der Waals surface area contributed by atoms with E-state index >= 15 is 0 Å². The van der Waals surface area contributed by atoms with E-state index in [-0.39, 0.29) is 12.6 Å². The first-order valence-corrected chi connectivity index (χ1v) is 6.10. The molecular formula is C12H14Cl2NO. The van der Waals surface area contributed by atoms with E-state index in [1.165, 1.54) is 0 Å². The quantitative estimate of drug-likeness (QED) is 0.901. The minimum atomic E-state index is 0.196. The summed E-state index contributed by atoms with van der Waals surface area (Å²) in [6, 6.07) is 5.76. The molecule has 2 rings (SSSR count). The molecule has 16 heavy (non-hydrogen) atoms. The third-order valence-electron chi connectivity index (χ3n) is 2.91. The second-order valence-electron chi connectivity index (χ2n) is 4.00. The van der Waals surface area contributed by atoms with Gasteiger partial charge in [-0.15, -0.1) is 0 Å². The number of nitrogens with zero attached hydrogens (tertiary/aromatic N) is 1. The Morgan fingerprint density at radius 3 is 2.88 bits per heavy atom. The third-order valence-corrected chi connectivity index (χ3v) is 3.50. The molecule has 1 aliphatic heterocycles. The first-order chi connectivity index (χ1) is 7.70. The molecule has 1 saturated heterocycles. The molecule has 4 heteroatoms. The second kappa shape index (κ2) is 5.37. The van der Waals surface area contributed by atoms with Gasteiger partial charge in [-0.2, -0.15) is 0 Å². The Labute approximate surface area is 106 Å². The van der Waals surface area contributed by atoms with E-state index in [1.54, 1.807) is 6.07 Å². The van der Waals surface area contributed by atoms with Crippen molar-refractivity contribution in [2.75, 3.05) is 6.61 Å². The van der Waals surface area contributed by atoms with Gasteiger partial charge < -0.3 is 5.11 Å². The first kappa shape index (κ1) is 12.2. The molecule has 1 aromatic carbocycles. The smallest absolute Gasteiger partial charge is 0.0587 e. The van der Waals surface area contributed by atoms with Crippen LogP contribution in [0.25, 0.3) is 0 Å². The normalized spacial score (nSPS) is 21.6. The number of aliphatic hydroxyl groups excluding tert-OH is 1. The van der Waals surface area contributed by atoms with Gasteiger partial charge in [0.2, 0.25) is 0 Å². The Kier molecular flexibility index (Phi) is 4.09. The lowest BCUT2D eigenvalue weighted by atomic mass is 10.2. The van der Waals surface area contributed by atoms with Crippen LogP contribution in [0.5, 0.6) is 0 Å². The van der Waals surface area contributed by atoms with Crippen LogP contribution < -0.4 is 0 Å². The topological polar surface area (TPSA) is 23.5 Å². The first-order valence-electron chi connectivity index (χ1n) is 5.34. The van der Waals surface area contributed by atoms with Crippen LogP contribution in [0.4, 0.5) is 0 Å². The van der Waals surface area contributed by atoms with Crippen LogP contribution >= 0.6 is 23.2 Å². The van der Waals surface area contributed by atoms with Gasteiger partial charge in [0.05, 0.1) is 6.61 Å². The van der Waals surface area contributed by atoms with Crippen LogP contribution in [0.1, 0.15) is 18.4 Å². The highest BCUT2D eigenvalue weighted by atomic mass is 35.5. The molecule has 1 radical (unpaired) electrons. The fraction of sp³-hybridized carbons (Fsp3) is 0.417. The van der Waals surface area contributed by atoms with Crippen molar-refractivity contribution in [3.63, 3.8) is 0 Å². The maximum atomic E-state index is 9.21. The van der Waals surface area contributed by atoms with Crippen LogP contribution in [0, 0.1) is 6.54 Å². The van der Waals surface area contributed by atoms with Gasteiger partial charge in [-0.3, -0.25) is 4.90 Å². The maximum absolute atomic E-state index is 9.21. The predicted octanol–water partition coefficient (Wildman–Crippen LogP) is 3.11. The molecule has 1 aliphatic rings. The van der Waals surface area contributed by atoms with Crippen molar-refractivity contribution in [2.24, 2.45) is 0 Å². The van der Waals surface area contributed by atoms with Crippen LogP contribution in [0.3, 0.4) is 0 Å². The minimum Gasteiger partial charge on any atom is -0.395 e. The van der Waals surface area contributed by atoms with Gasteiger partial charge in [-0.25, -0.2) is 0 Å². The number of rotatable bonds is 3. The van der Waals surface area contributed by atoms with E-state index in [4.69, 9.17) is 23.2 Å². The van der Waals surface area contributed by atoms with Gasteiger partial charge in [0.1, 0.15) is 0 Å². The Morgan fingerprint density at radius 1 is 1.38 bits per heavy atom. The molecule has 1 aromatic rings. The Bertz CT molecular complexity index is 370. The lowest BCUT2D eigenvalue weighted by molar-refractivity contribution is 0.169. The van der Waals surface area contributed by atoms with E-state index in [2.05, 4.69) is 11.4 Å². The summed E-state index contributed by atoms with van der Waals surface area (Å²) in [6.07, 6.45) is 2.04. The van der Waals surface area contributed by atoms with Crippen molar-refractivity contribution in [2.45, 2.75) is 25.4 Å². The SMILES string of the molecule is OC[C@@H]1CC[CH]N1Cc1ccc(Cl)cc1Cl. The Balaban J connectivity index is 2.08. The lowest BCUT2D eigenvalue weighted by Crippen LogP contribution is -2.29. The standard InChI is InChI=1S/C12H14Cl2NO/c13-10-4-3-9(12(14)6-10)7-15-5-1-2-11(15)8-16/h3-6,11,16H,1-2,7-8H2/t11-/m0/s1. The van der Waals surface area contributed by atoms with Crippen molar-refractivity contribution < 1.29 is 5.11 Å². The fourth-order valence-corrected chi connectivity index (χ4v) is 2.45. The molecule has 0 unspecified atom stereocenters. The number of likely N-dealkylation sites (tertiary alicyclic amines) is 1. The number of hydrogen-bond acceptors (Lipinski definition) is 2. The van der Waals surface area contributed by atoms with Crippen molar-refractivity contribution >= 4 is 23.2 Å². The number of benzene rings is 1. The summed E-state index contributed by atoms with van der Waals surface area (Å²) in [7, 11) is 0. The largest absolute Gasteiger partial charge is 0.395 e. The van der Waals surface area contributed by atoms with E-state index in [0.717, 1.165) is 24.9 Å². The minimum absolute atomic E-state index is 0.196. The van der Waals surface area contributed by atoms with Crippen molar-refractivity contribution in [1.82, 2.24) is 4.90 Å². The molecule has 0 saturated carbocycles. The molecule has 0 amide bonds. The zero-order valence-electron chi connectivity index (χ0n) is 8.87. The summed E-state index contributed by atoms with van der Waals surface area (Å²) in [6.45, 7) is 3.06. The summed E-state index contributed by atoms with van der Waals surface area (Å²) in [5.74, 6) is 0. The van der Waals surface area contributed by atoms with Gasteiger partial charge >= 0.3 is 0 Å². The third kappa shape index (κ3) is 2.69. The molecular weight excluding hydrogens is 245 g/mol. The monoisotopic (exact) mass is 258 g/mol. The average Bonchev–Trinajstić information content (AvgIpc) is 2.69. The Morgan fingerprint density at radius 2 is 2.19 bits per heavy atom. The molecule has 1 atom stereocenters. The van der Waals surface area contributed by atoms with Gasteiger partial charge in [0.15, 0.2) is 0 Å². The van der Waals surface area contributed by atoms with Crippen molar-refractivity contribution in [3.05, 3.63) is 40.4 Å². The number of hydrogen-bond donors (Lipinski definition) is 1. The fourth-order valence-electron chi connectivity index (χ4n) is 1.98. The van der Waals surface area contributed by atoms with Crippen LogP contribution in [0.2, 0.25) is 10.0 Å². The lowest BCUT2D eigenvalue weighted by Gasteiger charge is -2.22. The predicted molar refractivity (Wildman–Crippen MR) is 66.4 cm³/mol. The molecule has 1 N–H and O–H groups in total. The van der Waals surface area contributed by atoms with E-state index in [9.17, 15) is 5.11 Å². The number of aliphatic hydroxyl groups is 1. The summed E-state index contributed by atoms with van der Waals surface area (Å²) in [4.78, 5) is 2.15. The van der Waals surface area contributed by atoms with E-state index < -0.39 is 0 Å². The van der Waals surface area contributed by atoms with Crippen LogP contribution in [-0.2, 0) is 6.54 Å². The van der Waals surface area contributed by atoms with E-state index in [1.807, 2.05) is 12.1 Å².